The van der Waals surface area contributed by atoms with Gasteiger partial charge in [0.15, 0.2) is 0 Å². The molecule has 0 unspecified atom stereocenters. The van der Waals surface area contributed by atoms with E-state index in [0.29, 0.717) is 0 Å². The molecule has 0 amide bonds. The number of rotatable bonds is 5. The van der Waals surface area contributed by atoms with E-state index in [1.165, 1.54) is 65.3 Å². The molecule has 0 radical (unpaired) electrons. The van der Waals surface area contributed by atoms with Gasteiger partial charge in [-0.05, 0) is 67.0 Å². The van der Waals surface area contributed by atoms with Gasteiger partial charge in [-0.1, -0.05) is 170 Å². The molecule has 0 aromatic heterocycles. The molecule has 0 aliphatic rings. The average Bonchev–Trinajstić information content (AvgIpc) is 3.15. The van der Waals surface area contributed by atoms with Crippen molar-refractivity contribution >= 4 is 60.2 Å². The Bertz CT molecular complexity index is 2580. The van der Waals surface area contributed by atoms with Crippen LogP contribution in [0, 0.1) is 0 Å². The lowest BCUT2D eigenvalue weighted by Crippen LogP contribution is -2.13. The van der Waals surface area contributed by atoms with Crippen molar-refractivity contribution in [2.75, 3.05) is 4.90 Å². The van der Waals surface area contributed by atoms with Crippen molar-refractivity contribution < 1.29 is 0 Å². The summed E-state index contributed by atoms with van der Waals surface area (Å²) in [5.41, 5.74) is 8.24. The summed E-state index contributed by atoms with van der Waals surface area (Å²) in [7, 11) is 0. The maximum absolute atomic E-state index is 2.51. The molecule has 9 aromatic carbocycles. The number of fused-ring (bicyclic) bond motifs is 5. The summed E-state index contributed by atoms with van der Waals surface area (Å²) in [5, 5.41) is 9.87. The largest absolute Gasteiger partial charge is 0.309 e. The third kappa shape index (κ3) is 4.56. The van der Waals surface area contributed by atoms with Crippen LogP contribution in [0.4, 0.5) is 17.1 Å². The van der Waals surface area contributed by atoms with Crippen molar-refractivity contribution in [3.8, 4) is 22.3 Å². The molecule has 0 spiro atoms. The van der Waals surface area contributed by atoms with E-state index < -0.39 is 0 Å². The minimum atomic E-state index is 1.14. The maximum Gasteiger partial charge on any atom is 0.0547 e. The van der Waals surface area contributed by atoms with Crippen LogP contribution >= 0.6 is 0 Å². The zero-order valence-corrected chi connectivity index (χ0v) is 25.8. The third-order valence-electron chi connectivity index (χ3n) is 9.42. The first kappa shape index (κ1) is 27.2. The van der Waals surface area contributed by atoms with Crippen molar-refractivity contribution in [2.45, 2.75) is 0 Å². The highest BCUT2D eigenvalue weighted by molar-refractivity contribution is 6.17. The Morgan fingerprint density at radius 3 is 1.64 bits per heavy atom. The smallest absolute Gasteiger partial charge is 0.0547 e. The van der Waals surface area contributed by atoms with Crippen LogP contribution in [-0.4, -0.2) is 0 Å². The molecule has 1 nitrogen and oxygen atoms in total. The highest BCUT2D eigenvalue weighted by atomic mass is 15.1. The summed E-state index contributed by atoms with van der Waals surface area (Å²) in [4.78, 5) is 2.51. The number of hydrogen-bond donors (Lipinski definition) is 0. The van der Waals surface area contributed by atoms with Crippen molar-refractivity contribution in [2.24, 2.45) is 0 Å². The Balaban J connectivity index is 1.46. The minimum absolute atomic E-state index is 1.14. The lowest BCUT2D eigenvalue weighted by Gasteiger charge is -2.32. The third-order valence-corrected chi connectivity index (χ3v) is 9.42. The van der Waals surface area contributed by atoms with Gasteiger partial charge in [-0.15, -0.1) is 0 Å². The second kappa shape index (κ2) is 11.3. The summed E-state index contributed by atoms with van der Waals surface area (Å²) < 4.78 is 0. The Kier molecular flexibility index (Phi) is 6.54. The van der Waals surface area contributed by atoms with E-state index in [4.69, 9.17) is 0 Å². The molecule has 0 fully saturated rings. The Labute approximate surface area is 274 Å². The lowest BCUT2D eigenvalue weighted by atomic mass is 9.90. The van der Waals surface area contributed by atoms with Gasteiger partial charge in [0.1, 0.15) is 0 Å². The lowest BCUT2D eigenvalue weighted by molar-refractivity contribution is 1.31. The van der Waals surface area contributed by atoms with E-state index in [-0.39, 0.29) is 0 Å². The zero-order valence-electron chi connectivity index (χ0n) is 25.8. The quantitative estimate of drug-likeness (QED) is 0.178. The molecule has 0 aliphatic heterocycles. The van der Waals surface area contributed by atoms with E-state index in [1.807, 2.05) is 0 Å². The molecule has 1 heteroatoms. The molecule has 0 N–H and O–H groups in total. The van der Waals surface area contributed by atoms with Crippen LogP contribution in [-0.2, 0) is 0 Å². The van der Waals surface area contributed by atoms with E-state index in [1.54, 1.807) is 0 Å². The second-order valence-corrected chi connectivity index (χ2v) is 12.1. The Morgan fingerprint density at radius 2 is 0.830 bits per heavy atom. The van der Waals surface area contributed by atoms with Gasteiger partial charge in [0.25, 0.3) is 0 Å². The number of para-hydroxylation sites is 1. The predicted molar refractivity (Wildman–Crippen MR) is 202 cm³/mol. The number of nitrogens with zero attached hydrogens (tertiary/aromatic N) is 1. The first-order valence-electron chi connectivity index (χ1n) is 16.2. The van der Waals surface area contributed by atoms with Crippen LogP contribution in [0.2, 0.25) is 0 Å². The summed E-state index contributed by atoms with van der Waals surface area (Å²) in [6, 6.07) is 68.4. The monoisotopic (exact) mass is 597 g/mol. The fourth-order valence-electron chi connectivity index (χ4n) is 7.31. The standard InChI is InChI=1S/C46H31N/c1-2-15-33(16-3-1)38-23-12-13-28-43(38)47(45-31-35-19-6-8-22-37(35)40-25-10-11-26-41(40)45)44-30-29-34-18-5-9-24-39(34)46(44)42-27-14-20-32-17-4-7-21-36(32)42/h1-31H. The van der Waals surface area contributed by atoms with Gasteiger partial charge in [-0.25, -0.2) is 0 Å². The number of benzene rings is 9. The highest BCUT2D eigenvalue weighted by Crippen LogP contribution is 2.50. The van der Waals surface area contributed by atoms with Gasteiger partial charge in [-0.3, -0.25) is 0 Å². The molecule has 9 rings (SSSR count). The summed E-state index contributed by atoms with van der Waals surface area (Å²) in [6.45, 7) is 0. The van der Waals surface area contributed by atoms with Gasteiger partial charge in [-0.2, -0.15) is 0 Å². The van der Waals surface area contributed by atoms with Gasteiger partial charge < -0.3 is 4.90 Å². The maximum atomic E-state index is 2.51. The molecule has 0 heterocycles. The summed E-state index contributed by atoms with van der Waals surface area (Å²) in [5.74, 6) is 0. The SMILES string of the molecule is c1ccc(-c2ccccc2N(c2ccc3ccccc3c2-c2cccc3ccccc23)c2cc3ccccc3c3ccccc23)cc1. The molecule has 0 atom stereocenters. The van der Waals surface area contributed by atoms with Gasteiger partial charge in [0.05, 0.1) is 17.1 Å². The van der Waals surface area contributed by atoms with Crippen molar-refractivity contribution in [1.82, 2.24) is 0 Å². The summed E-state index contributed by atoms with van der Waals surface area (Å²) in [6.07, 6.45) is 0. The first-order chi connectivity index (χ1) is 23.3. The summed E-state index contributed by atoms with van der Waals surface area (Å²) >= 11 is 0. The van der Waals surface area contributed by atoms with E-state index in [2.05, 4.69) is 193 Å². The first-order valence-corrected chi connectivity index (χ1v) is 16.2. The van der Waals surface area contributed by atoms with Crippen molar-refractivity contribution in [1.29, 1.82) is 0 Å². The van der Waals surface area contributed by atoms with Crippen LogP contribution < -0.4 is 4.90 Å². The van der Waals surface area contributed by atoms with Crippen molar-refractivity contribution in [3.05, 3.63) is 188 Å². The number of anilines is 3. The molecular weight excluding hydrogens is 567 g/mol. The molecule has 220 valence electrons. The van der Waals surface area contributed by atoms with Crippen LogP contribution in [0.1, 0.15) is 0 Å². The molecule has 0 saturated carbocycles. The Hall–Kier alpha value is -6.18. The fourth-order valence-corrected chi connectivity index (χ4v) is 7.31. The zero-order chi connectivity index (χ0) is 31.2. The number of hydrogen-bond acceptors (Lipinski definition) is 1. The molecule has 9 aromatic rings. The second-order valence-electron chi connectivity index (χ2n) is 12.1. The van der Waals surface area contributed by atoms with E-state index in [0.717, 1.165) is 17.1 Å². The normalized spacial score (nSPS) is 11.4. The molecule has 47 heavy (non-hydrogen) atoms. The fraction of sp³-hybridized carbons (Fsp3) is 0. The highest BCUT2D eigenvalue weighted by Gasteiger charge is 2.24. The van der Waals surface area contributed by atoms with Gasteiger partial charge in [0, 0.05) is 16.5 Å². The van der Waals surface area contributed by atoms with E-state index in [9.17, 15) is 0 Å². The topological polar surface area (TPSA) is 3.24 Å². The average molecular weight is 598 g/mol. The van der Waals surface area contributed by atoms with E-state index >= 15 is 0 Å². The van der Waals surface area contributed by atoms with Crippen LogP contribution in [0.15, 0.2) is 188 Å². The molecule has 0 bridgehead atoms. The molecule has 0 aliphatic carbocycles. The van der Waals surface area contributed by atoms with Gasteiger partial charge >= 0.3 is 0 Å². The van der Waals surface area contributed by atoms with Crippen LogP contribution in [0.5, 0.6) is 0 Å². The Morgan fingerprint density at radius 1 is 0.277 bits per heavy atom. The van der Waals surface area contributed by atoms with Crippen LogP contribution in [0.25, 0.3) is 65.3 Å². The predicted octanol–water partition coefficient (Wildman–Crippen LogP) is 13.1. The van der Waals surface area contributed by atoms with Crippen molar-refractivity contribution in [3.63, 3.8) is 0 Å². The molecule has 0 saturated heterocycles. The van der Waals surface area contributed by atoms with Crippen LogP contribution in [0.3, 0.4) is 0 Å². The molecular formula is C46H31N. The minimum Gasteiger partial charge on any atom is -0.309 e. The van der Waals surface area contributed by atoms with Gasteiger partial charge in [0.2, 0.25) is 0 Å².